The van der Waals surface area contributed by atoms with Crippen LogP contribution in [0.4, 0.5) is 0 Å². The SMILES string of the molecule is C1=CCC2=C(C=C1)Oc1ccccc1C21c2ccccc2-c2c(-c3nc(-c4ccccc4)nc(-c4ccccc4)n3)cccc21. The summed E-state index contributed by atoms with van der Waals surface area (Å²) >= 11 is 0. The molecule has 0 saturated carbocycles. The van der Waals surface area contributed by atoms with E-state index in [0.29, 0.717) is 17.5 Å². The Hall–Kier alpha value is -5.87. The highest BCUT2D eigenvalue weighted by Gasteiger charge is 2.52. The van der Waals surface area contributed by atoms with E-state index in [-0.39, 0.29) is 0 Å². The molecule has 0 N–H and O–H groups in total. The van der Waals surface area contributed by atoms with E-state index < -0.39 is 5.41 Å². The maximum Gasteiger partial charge on any atom is 0.164 e. The third-order valence-corrected chi connectivity index (χ3v) is 9.09. The summed E-state index contributed by atoms with van der Waals surface area (Å²) in [6.07, 6.45) is 9.29. The van der Waals surface area contributed by atoms with Crippen LogP contribution in [-0.4, -0.2) is 15.0 Å². The van der Waals surface area contributed by atoms with Gasteiger partial charge in [0.05, 0.1) is 5.41 Å². The van der Waals surface area contributed by atoms with Crippen molar-refractivity contribution in [1.82, 2.24) is 15.0 Å². The molecule has 5 aromatic carbocycles. The van der Waals surface area contributed by atoms with Crippen LogP contribution in [0.5, 0.6) is 5.75 Å². The Balaban J connectivity index is 1.37. The highest BCUT2D eigenvalue weighted by Crippen LogP contribution is 2.62. The molecule has 0 bridgehead atoms. The number of ether oxygens (including phenoxy) is 1. The summed E-state index contributed by atoms with van der Waals surface area (Å²) < 4.78 is 6.60. The average Bonchev–Trinajstić information content (AvgIpc) is 3.21. The predicted molar refractivity (Wildman–Crippen MR) is 178 cm³/mol. The van der Waals surface area contributed by atoms with Gasteiger partial charge in [-0.25, -0.2) is 15.0 Å². The minimum Gasteiger partial charge on any atom is -0.457 e. The molecule has 9 rings (SSSR count). The normalized spacial score (nSPS) is 17.2. The van der Waals surface area contributed by atoms with Crippen LogP contribution in [0.25, 0.3) is 45.3 Å². The fraction of sp³-hybridized carbons (Fsp3) is 0.0488. The van der Waals surface area contributed by atoms with Crippen LogP contribution in [0.3, 0.4) is 0 Å². The summed E-state index contributed by atoms with van der Waals surface area (Å²) in [5.41, 5.74) is 9.56. The molecule has 212 valence electrons. The van der Waals surface area contributed by atoms with E-state index >= 15 is 0 Å². The van der Waals surface area contributed by atoms with Gasteiger partial charge >= 0.3 is 0 Å². The zero-order valence-corrected chi connectivity index (χ0v) is 24.4. The van der Waals surface area contributed by atoms with E-state index in [0.717, 1.165) is 45.7 Å². The minimum atomic E-state index is -0.525. The summed E-state index contributed by atoms with van der Waals surface area (Å²) in [7, 11) is 0. The smallest absolute Gasteiger partial charge is 0.164 e. The van der Waals surface area contributed by atoms with Crippen molar-refractivity contribution < 1.29 is 4.74 Å². The van der Waals surface area contributed by atoms with Crippen LogP contribution in [0.15, 0.2) is 163 Å². The molecule has 0 amide bonds. The molecular weight excluding hydrogens is 550 g/mol. The second-order valence-corrected chi connectivity index (χ2v) is 11.5. The number of aromatic nitrogens is 3. The molecule has 0 saturated heterocycles. The lowest BCUT2D eigenvalue weighted by Crippen LogP contribution is -2.34. The highest BCUT2D eigenvalue weighted by molar-refractivity contribution is 5.95. The number of para-hydroxylation sites is 1. The fourth-order valence-corrected chi connectivity index (χ4v) is 7.25. The third kappa shape index (κ3) is 3.82. The molecule has 4 heteroatoms. The second-order valence-electron chi connectivity index (χ2n) is 11.5. The maximum absolute atomic E-state index is 6.60. The summed E-state index contributed by atoms with van der Waals surface area (Å²) in [6, 6.07) is 44.2. The Morgan fingerprint density at radius 1 is 0.511 bits per heavy atom. The van der Waals surface area contributed by atoms with Gasteiger partial charge in [-0.1, -0.05) is 140 Å². The van der Waals surface area contributed by atoms with Crippen LogP contribution in [-0.2, 0) is 5.41 Å². The molecule has 2 aliphatic carbocycles. The Kier molecular flexibility index (Phi) is 5.75. The molecule has 0 fully saturated rings. The summed E-state index contributed by atoms with van der Waals surface area (Å²) in [5.74, 6) is 3.75. The average molecular weight is 578 g/mol. The summed E-state index contributed by atoms with van der Waals surface area (Å²) in [5, 5.41) is 0. The molecule has 1 unspecified atom stereocenters. The number of nitrogens with zero attached hydrogens (tertiary/aromatic N) is 3. The van der Waals surface area contributed by atoms with Gasteiger partial charge < -0.3 is 4.74 Å². The van der Waals surface area contributed by atoms with Crippen molar-refractivity contribution in [1.29, 1.82) is 0 Å². The quantitative estimate of drug-likeness (QED) is 0.210. The Morgan fingerprint density at radius 3 is 1.87 bits per heavy atom. The largest absolute Gasteiger partial charge is 0.457 e. The standard InChI is InChI=1S/C41H27N3O/c1-4-15-27(16-5-1)38-42-39(28-17-6-2-7-18-28)44-40(43-38)30-20-14-24-34-37(30)29-19-10-11-21-31(29)41(34)32-22-8-3-9-25-35(32)45-36-26-13-12-23-33(36)41/h1-21,23-26H,22H2. The van der Waals surface area contributed by atoms with Gasteiger partial charge in [0.2, 0.25) is 0 Å². The van der Waals surface area contributed by atoms with Gasteiger partial charge in [0.15, 0.2) is 17.5 Å². The molecule has 1 atom stereocenters. The minimum absolute atomic E-state index is 0.525. The first kappa shape index (κ1) is 25.6. The Bertz CT molecular complexity index is 2160. The number of allylic oxidation sites excluding steroid dienone is 5. The molecule has 0 radical (unpaired) electrons. The fourth-order valence-electron chi connectivity index (χ4n) is 7.25. The lowest BCUT2D eigenvalue weighted by Gasteiger charge is -2.40. The molecule has 45 heavy (non-hydrogen) atoms. The van der Waals surface area contributed by atoms with E-state index in [1.54, 1.807) is 0 Å². The van der Waals surface area contributed by atoms with Gasteiger partial charge in [-0.2, -0.15) is 0 Å². The number of hydrogen-bond donors (Lipinski definition) is 0. The number of rotatable bonds is 3. The Morgan fingerprint density at radius 2 is 1.11 bits per heavy atom. The van der Waals surface area contributed by atoms with Crippen molar-refractivity contribution in [3.05, 3.63) is 180 Å². The number of hydrogen-bond acceptors (Lipinski definition) is 4. The van der Waals surface area contributed by atoms with E-state index in [2.05, 4.69) is 91.0 Å². The monoisotopic (exact) mass is 577 g/mol. The lowest BCUT2D eigenvalue weighted by molar-refractivity contribution is 0.396. The van der Waals surface area contributed by atoms with Crippen molar-refractivity contribution in [3.8, 4) is 51.0 Å². The molecule has 3 aliphatic rings. The van der Waals surface area contributed by atoms with Crippen LogP contribution in [0, 0.1) is 0 Å². The van der Waals surface area contributed by atoms with Crippen molar-refractivity contribution in [2.24, 2.45) is 0 Å². The molecular formula is C41H27N3O. The van der Waals surface area contributed by atoms with Crippen molar-refractivity contribution in [3.63, 3.8) is 0 Å². The first-order valence-corrected chi connectivity index (χ1v) is 15.3. The predicted octanol–water partition coefficient (Wildman–Crippen LogP) is 9.35. The van der Waals surface area contributed by atoms with Crippen molar-refractivity contribution >= 4 is 0 Å². The van der Waals surface area contributed by atoms with E-state index in [1.807, 2.05) is 60.7 Å². The number of fused-ring (bicyclic) bond motifs is 8. The van der Waals surface area contributed by atoms with Gasteiger partial charge in [-0.05, 0) is 46.4 Å². The molecule has 2 heterocycles. The molecule has 1 spiro atoms. The maximum atomic E-state index is 6.60. The molecule has 1 aromatic heterocycles. The van der Waals surface area contributed by atoms with Gasteiger partial charge in [0.1, 0.15) is 11.5 Å². The number of benzene rings is 5. The van der Waals surface area contributed by atoms with Crippen LogP contribution < -0.4 is 4.74 Å². The van der Waals surface area contributed by atoms with Crippen molar-refractivity contribution in [2.75, 3.05) is 0 Å². The first-order chi connectivity index (χ1) is 22.3. The van der Waals surface area contributed by atoms with E-state index in [4.69, 9.17) is 19.7 Å². The summed E-state index contributed by atoms with van der Waals surface area (Å²) in [4.78, 5) is 15.2. The van der Waals surface area contributed by atoms with E-state index in [1.165, 1.54) is 22.3 Å². The zero-order valence-electron chi connectivity index (χ0n) is 24.4. The van der Waals surface area contributed by atoms with Crippen LogP contribution in [0.2, 0.25) is 0 Å². The molecule has 1 aliphatic heterocycles. The van der Waals surface area contributed by atoms with Crippen LogP contribution in [0.1, 0.15) is 23.1 Å². The van der Waals surface area contributed by atoms with Gasteiger partial charge in [0, 0.05) is 22.3 Å². The molecule has 4 nitrogen and oxygen atoms in total. The topological polar surface area (TPSA) is 47.9 Å². The third-order valence-electron chi connectivity index (χ3n) is 9.09. The zero-order chi connectivity index (χ0) is 29.8. The Labute approximate surface area is 261 Å². The highest BCUT2D eigenvalue weighted by atomic mass is 16.5. The first-order valence-electron chi connectivity index (χ1n) is 15.3. The van der Waals surface area contributed by atoms with Gasteiger partial charge in [0.25, 0.3) is 0 Å². The lowest BCUT2D eigenvalue weighted by atomic mass is 9.64. The van der Waals surface area contributed by atoms with Crippen LogP contribution >= 0.6 is 0 Å². The van der Waals surface area contributed by atoms with Gasteiger partial charge in [-0.3, -0.25) is 0 Å². The van der Waals surface area contributed by atoms with E-state index in [9.17, 15) is 0 Å². The second kappa shape index (κ2) is 10.1. The van der Waals surface area contributed by atoms with Crippen molar-refractivity contribution in [2.45, 2.75) is 11.8 Å². The summed E-state index contributed by atoms with van der Waals surface area (Å²) in [6.45, 7) is 0. The molecule has 6 aromatic rings. The van der Waals surface area contributed by atoms with Gasteiger partial charge in [-0.15, -0.1) is 0 Å².